The summed E-state index contributed by atoms with van der Waals surface area (Å²) in [5.74, 6) is 0.962. The number of thiophene rings is 1. The van der Waals surface area contributed by atoms with Crippen LogP contribution in [0.25, 0.3) is 0 Å². The molecule has 0 bridgehead atoms. The zero-order valence-electron chi connectivity index (χ0n) is 9.34. The number of rotatable bonds is 4. The zero-order valence-corrected chi connectivity index (χ0v) is 13.3. The van der Waals surface area contributed by atoms with E-state index in [9.17, 15) is 0 Å². The molecule has 2 aromatic rings. The molecule has 90 valence electrons. The maximum Gasteiger partial charge on any atom is 0.128 e. The number of anilines is 1. The molecule has 0 unspecified atom stereocenters. The molecule has 0 fully saturated rings. The Labute approximate surface area is 122 Å². The van der Waals surface area contributed by atoms with Gasteiger partial charge in [-0.3, -0.25) is 0 Å². The van der Waals surface area contributed by atoms with Crippen molar-refractivity contribution < 1.29 is 0 Å². The molecule has 2 rings (SSSR count). The molecule has 2 heterocycles. The van der Waals surface area contributed by atoms with E-state index in [0.717, 1.165) is 28.8 Å². The van der Waals surface area contributed by atoms with Gasteiger partial charge in [-0.15, -0.1) is 11.3 Å². The molecule has 0 aliphatic rings. The minimum atomic E-state index is 0.905. The van der Waals surface area contributed by atoms with Gasteiger partial charge in [-0.2, -0.15) is 0 Å². The lowest BCUT2D eigenvalue weighted by Gasteiger charge is -2.07. The van der Waals surface area contributed by atoms with Crippen molar-refractivity contribution in [3.8, 4) is 0 Å². The van der Waals surface area contributed by atoms with Crippen molar-refractivity contribution in [3.63, 3.8) is 0 Å². The Bertz CT molecular complexity index is 511. The van der Waals surface area contributed by atoms with Crippen LogP contribution in [0.1, 0.15) is 10.4 Å². The van der Waals surface area contributed by atoms with Crippen molar-refractivity contribution in [2.24, 2.45) is 0 Å². The van der Waals surface area contributed by atoms with Crippen LogP contribution in [0.3, 0.4) is 0 Å². The van der Waals surface area contributed by atoms with Gasteiger partial charge >= 0.3 is 0 Å². The topological polar surface area (TPSA) is 24.9 Å². The number of halogens is 2. The fourth-order valence-corrected chi connectivity index (χ4v) is 3.44. The first kappa shape index (κ1) is 13.1. The summed E-state index contributed by atoms with van der Waals surface area (Å²) < 4.78 is 2.20. The maximum atomic E-state index is 4.35. The third-order valence-corrected chi connectivity index (χ3v) is 4.45. The second kappa shape index (κ2) is 5.98. The SMILES string of the molecule is Cc1cc(Br)cnc1NCCc1ccc(Br)s1. The number of hydrogen-bond acceptors (Lipinski definition) is 3. The fourth-order valence-electron chi connectivity index (χ4n) is 1.52. The predicted octanol–water partition coefficient (Wildman–Crippen LogP) is 4.63. The average molecular weight is 376 g/mol. The molecular formula is C12H12Br2N2S. The molecule has 0 aliphatic heterocycles. The molecule has 0 amide bonds. The highest BCUT2D eigenvalue weighted by atomic mass is 79.9. The molecule has 0 aliphatic carbocycles. The van der Waals surface area contributed by atoms with Gasteiger partial charge in [-0.25, -0.2) is 4.98 Å². The minimum absolute atomic E-state index is 0.905. The van der Waals surface area contributed by atoms with Gasteiger partial charge in [0.1, 0.15) is 5.82 Å². The van der Waals surface area contributed by atoms with E-state index in [-0.39, 0.29) is 0 Å². The number of aryl methyl sites for hydroxylation is 1. The summed E-state index contributed by atoms with van der Waals surface area (Å²) in [4.78, 5) is 5.72. The van der Waals surface area contributed by atoms with Crippen LogP contribution < -0.4 is 5.32 Å². The van der Waals surface area contributed by atoms with Crippen LogP contribution in [0.4, 0.5) is 5.82 Å². The zero-order chi connectivity index (χ0) is 12.3. The standard InChI is InChI=1S/C12H12Br2N2S/c1-8-6-9(13)7-16-12(8)15-5-4-10-2-3-11(14)17-10/h2-3,6-7H,4-5H2,1H3,(H,15,16). The third kappa shape index (κ3) is 3.79. The van der Waals surface area contributed by atoms with E-state index in [2.05, 4.69) is 67.3 Å². The van der Waals surface area contributed by atoms with Crippen molar-refractivity contribution in [2.75, 3.05) is 11.9 Å². The lowest BCUT2D eigenvalue weighted by Crippen LogP contribution is -2.06. The van der Waals surface area contributed by atoms with Gasteiger partial charge in [0.25, 0.3) is 0 Å². The number of pyridine rings is 1. The van der Waals surface area contributed by atoms with Gasteiger partial charge in [-0.05, 0) is 69.0 Å². The van der Waals surface area contributed by atoms with Crippen LogP contribution in [0.5, 0.6) is 0 Å². The molecule has 0 spiro atoms. The van der Waals surface area contributed by atoms with Gasteiger partial charge in [0, 0.05) is 22.1 Å². The minimum Gasteiger partial charge on any atom is -0.369 e. The van der Waals surface area contributed by atoms with Crippen molar-refractivity contribution in [2.45, 2.75) is 13.3 Å². The number of aromatic nitrogens is 1. The van der Waals surface area contributed by atoms with E-state index in [1.165, 1.54) is 8.66 Å². The molecule has 2 aromatic heterocycles. The number of nitrogens with one attached hydrogen (secondary N) is 1. The van der Waals surface area contributed by atoms with E-state index < -0.39 is 0 Å². The van der Waals surface area contributed by atoms with E-state index in [4.69, 9.17) is 0 Å². The monoisotopic (exact) mass is 374 g/mol. The second-order valence-corrected chi connectivity index (χ2v) is 7.16. The van der Waals surface area contributed by atoms with Crippen LogP contribution >= 0.6 is 43.2 Å². The average Bonchev–Trinajstić information content (AvgIpc) is 2.68. The number of nitrogens with zero attached hydrogens (tertiary/aromatic N) is 1. The molecule has 0 radical (unpaired) electrons. The molecular weight excluding hydrogens is 364 g/mol. The Morgan fingerprint density at radius 2 is 2.18 bits per heavy atom. The highest BCUT2D eigenvalue weighted by molar-refractivity contribution is 9.11. The third-order valence-electron chi connectivity index (χ3n) is 2.34. The molecule has 0 atom stereocenters. The molecule has 0 saturated heterocycles. The van der Waals surface area contributed by atoms with Crippen LogP contribution in [0, 0.1) is 6.92 Å². The Hall–Kier alpha value is -0.390. The summed E-state index contributed by atoms with van der Waals surface area (Å²) in [6.07, 6.45) is 2.84. The molecule has 5 heteroatoms. The Morgan fingerprint density at radius 3 is 2.82 bits per heavy atom. The van der Waals surface area contributed by atoms with Gasteiger partial charge < -0.3 is 5.32 Å². The normalized spacial score (nSPS) is 10.5. The van der Waals surface area contributed by atoms with Crippen molar-refractivity contribution >= 4 is 49.0 Å². The van der Waals surface area contributed by atoms with Crippen LogP contribution in [-0.2, 0) is 6.42 Å². The van der Waals surface area contributed by atoms with Crippen LogP contribution in [0.15, 0.2) is 32.7 Å². The molecule has 0 saturated carbocycles. The van der Waals surface area contributed by atoms with Crippen molar-refractivity contribution in [3.05, 3.63) is 43.1 Å². The van der Waals surface area contributed by atoms with E-state index in [1.54, 1.807) is 11.3 Å². The molecule has 2 nitrogen and oxygen atoms in total. The van der Waals surface area contributed by atoms with E-state index in [0.29, 0.717) is 0 Å². The van der Waals surface area contributed by atoms with E-state index in [1.807, 2.05) is 6.20 Å². The first-order valence-electron chi connectivity index (χ1n) is 5.25. The van der Waals surface area contributed by atoms with Gasteiger partial charge in [-0.1, -0.05) is 0 Å². The highest BCUT2D eigenvalue weighted by Crippen LogP contribution is 2.22. The molecule has 0 aromatic carbocycles. The largest absolute Gasteiger partial charge is 0.369 e. The smallest absolute Gasteiger partial charge is 0.128 e. The molecule has 17 heavy (non-hydrogen) atoms. The number of hydrogen-bond donors (Lipinski definition) is 1. The summed E-state index contributed by atoms with van der Waals surface area (Å²) in [5, 5.41) is 3.36. The first-order valence-corrected chi connectivity index (χ1v) is 7.65. The Morgan fingerprint density at radius 1 is 1.35 bits per heavy atom. The van der Waals surface area contributed by atoms with Gasteiger partial charge in [0.15, 0.2) is 0 Å². The van der Waals surface area contributed by atoms with Gasteiger partial charge in [0.2, 0.25) is 0 Å². The van der Waals surface area contributed by atoms with Crippen molar-refractivity contribution in [1.82, 2.24) is 4.98 Å². The fraction of sp³-hybridized carbons (Fsp3) is 0.250. The molecule has 1 N–H and O–H groups in total. The summed E-state index contributed by atoms with van der Waals surface area (Å²) in [5.41, 5.74) is 1.16. The summed E-state index contributed by atoms with van der Waals surface area (Å²) >= 11 is 8.66. The van der Waals surface area contributed by atoms with Gasteiger partial charge in [0.05, 0.1) is 3.79 Å². The lowest BCUT2D eigenvalue weighted by molar-refractivity contribution is 1.02. The maximum absolute atomic E-state index is 4.35. The summed E-state index contributed by atoms with van der Waals surface area (Å²) in [6, 6.07) is 6.30. The predicted molar refractivity (Wildman–Crippen MR) is 80.9 cm³/mol. The quantitative estimate of drug-likeness (QED) is 0.842. The highest BCUT2D eigenvalue weighted by Gasteiger charge is 2.01. The Balaban J connectivity index is 1.90. The second-order valence-electron chi connectivity index (χ2n) is 3.70. The summed E-state index contributed by atoms with van der Waals surface area (Å²) in [7, 11) is 0. The first-order chi connectivity index (χ1) is 8.15. The Kier molecular flexibility index (Phi) is 4.59. The lowest BCUT2D eigenvalue weighted by atomic mass is 10.3. The van der Waals surface area contributed by atoms with Crippen LogP contribution in [0.2, 0.25) is 0 Å². The summed E-state index contributed by atoms with van der Waals surface area (Å²) in [6.45, 7) is 2.96. The van der Waals surface area contributed by atoms with Crippen molar-refractivity contribution in [1.29, 1.82) is 0 Å². The van der Waals surface area contributed by atoms with Crippen LogP contribution in [-0.4, -0.2) is 11.5 Å². The van der Waals surface area contributed by atoms with E-state index >= 15 is 0 Å².